The largest absolute Gasteiger partial charge is 0.353 e. The van der Waals surface area contributed by atoms with Crippen LogP contribution in [0.2, 0.25) is 0 Å². The normalized spacial score (nSPS) is 24.4. The Bertz CT molecular complexity index is 757. The minimum atomic E-state index is 0. The lowest BCUT2D eigenvalue weighted by Gasteiger charge is -2.25. The molecule has 1 aliphatic carbocycles. The minimum Gasteiger partial charge on any atom is -0.353 e. The zero-order valence-corrected chi connectivity index (χ0v) is 17.7. The second kappa shape index (κ2) is 8.37. The molecule has 2 heterocycles. The molecule has 6 nitrogen and oxygen atoms in total. The number of aliphatic imine (C=N–C) groups is 1. The van der Waals surface area contributed by atoms with Crippen LogP contribution in [0.15, 0.2) is 35.3 Å². The molecule has 3 atom stereocenters. The predicted octanol–water partition coefficient (Wildman–Crippen LogP) is 3.15. The van der Waals surface area contributed by atoms with E-state index in [1.165, 1.54) is 5.56 Å². The second-order valence-electron chi connectivity index (χ2n) is 6.91. The van der Waals surface area contributed by atoms with Crippen LogP contribution < -0.4 is 10.6 Å². The minimum absolute atomic E-state index is 0. The highest BCUT2D eigenvalue weighted by Gasteiger charge is 2.39. The molecule has 2 aliphatic rings. The number of nitrogens with zero attached hydrogens (tertiary/aromatic N) is 4. The summed E-state index contributed by atoms with van der Waals surface area (Å²) in [7, 11) is 0. The number of guanidine groups is 1. The fourth-order valence-corrected chi connectivity index (χ4v) is 3.66. The maximum atomic E-state index is 4.64. The van der Waals surface area contributed by atoms with Gasteiger partial charge in [0.1, 0.15) is 11.6 Å². The Morgan fingerprint density at radius 3 is 2.85 bits per heavy atom. The molecular weight excluding hydrogens is 439 g/mol. The molecule has 0 radical (unpaired) electrons. The number of nitrogens with one attached hydrogen (secondary N) is 2. The average molecular weight is 466 g/mol. The van der Waals surface area contributed by atoms with Crippen molar-refractivity contribution in [3.8, 4) is 0 Å². The highest BCUT2D eigenvalue weighted by molar-refractivity contribution is 14.0. The number of aromatic nitrogens is 3. The molecular formula is C19H27IN6. The van der Waals surface area contributed by atoms with Crippen molar-refractivity contribution in [3.05, 3.63) is 47.5 Å². The van der Waals surface area contributed by atoms with E-state index in [9.17, 15) is 0 Å². The van der Waals surface area contributed by atoms with Crippen molar-refractivity contribution in [2.45, 2.75) is 57.7 Å². The summed E-state index contributed by atoms with van der Waals surface area (Å²) in [5.41, 5.74) is 1.41. The number of rotatable bonds is 4. The van der Waals surface area contributed by atoms with E-state index in [2.05, 4.69) is 63.0 Å². The van der Waals surface area contributed by atoms with Crippen molar-refractivity contribution in [2.75, 3.05) is 6.54 Å². The van der Waals surface area contributed by atoms with Crippen LogP contribution in [0.1, 0.15) is 55.4 Å². The van der Waals surface area contributed by atoms with Gasteiger partial charge in [0.2, 0.25) is 0 Å². The summed E-state index contributed by atoms with van der Waals surface area (Å²) in [5.74, 6) is 3.36. The van der Waals surface area contributed by atoms with Crippen LogP contribution in [-0.2, 0) is 6.54 Å². The van der Waals surface area contributed by atoms with E-state index in [1.807, 2.05) is 11.6 Å². The molecule has 0 amide bonds. The molecule has 1 saturated carbocycles. The zero-order valence-electron chi connectivity index (χ0n) is 15.4. The molecule has 0 saturated heterocycles. The summed E-state index contributed by atoms with van der Waals surface area (Å²) in [4.78, 5) is 9.25. The molecule has 1 aromatic carbocycles. The van der Waals surface area contributed by atoms with Crippen molar-refractivity contribution in [1.29, 1.82) is 0 Å². The van der Waals surface area contributed by atoms with Gasteiger partial charge in [0.05, 0.1) is 6.04 Å². The quantitative estimate of drug-likeness (QED) is 0.413. The Balaban J connectivity index is 0.00000196. The lowest BCUT2D eigenvalue weighted by molar-refractivity contribution is 0.397. The summed E-state index contributed by atoms with van der Waals surface area (Å²) < 4.78 is 2.03. The van der Waals surface area contributed by atoms with Crippen molar-refractivity contribution in [1.82, 2.24) is 25.4 Å². The molecule has 26 heavy (non-hydrogen) atoms. The Morgan fingerprint density at radius 1 is 1.27 bits per heavy atom. The van der Waals surface area contributed by atoms with Crippen molar-refractivity contribution in [2.24, 2.45) is 4.99 Å². The Morgan fingerprint density at radius 2 is 2.08 bits per heavy atom. The van der Waals surface area contributed by atoms with Gasteiger partial charge in [-0.2, -0.15) is 5.10 Å². The van der Waals surface area contributed by atoms with Crippen LogP contribution in [0.25, 0.3) is 0 Å². The molecule has 140 valence electrons. The molecule has 7 heteroatoms. The van der Waals surface area contributed by atoms with E-state index < -0.39 is 0 Å². The molecule has 3 unspecified atom stereocenters. The van der Waals surface area contributed by atoms with Gasteiger partial charge >= 0.3 is 0 Å². The molecule has 1 fully saturated rings. The molecule has 0 bridgehead atoms. The standard InChI is InChI=1S/C19H26N6.HI/c1-3-20-19(23-17-12-15(17)14-8-5-4-6-9-14)22-16-10-7-11-25-18(16)21-13(2)24-25;/h4-6,8-9,15-17H,3,7,10-12H2,1-2H3,(H2,20,22,23);1H. The fraction of sp³-hybridized carbons (Fsp3) is 0.526. The Hall–Kier alpha value is -1.64. The first-order valence-corrected chi connectivity index (χ1v) is 9.28. The molecule has 1 aromatic heterocycles. The lowest BCUT2D eigenvalue weighted by Crippen LogP contribution is -2.43. The lowest BCUT2D eigenvalue weighted by atomic mass is 10.1. The van der Waals surface area contributed by atoms with E-state index >= 15 is 0 Å². The van der Waals surface area contributed by atoms with E-state index in [4.69, 9.17) is 0 Å². The van der Waals surface area contributed by atoms with Gasteiger partial charge < -0.3 is 10.6 Å². The van der Waals surface area contributed by atoms with Gasteiger partial charge in [-0.05, 0) is 38.7 Å². The van der Waals surface area contributed by atoms with Gasteiger partial charge in [-0.25, -0.2) is 9.67 Å². The van der Waals surface area contributed by atoms with Gasteiger partial charge in [0.15, 0.2) is 5.96 Å². The van der Waals surface area contributed by atoms with Gasteiger partial charge in [-0.15, -0.1) is 24.0 Å². The maximum Gasteiger partial charge on any atom is 0.192 e. The van der Waals surface area contributed by atoms with E-state index in [0.717, 1.165) is 50.0 Å². The van der Waals surface area contributed by atoms with Gasteiger partial charge in [-0.3, -0.25) is 4.99 Å². The Kier molecular flexibility index (Phi) is 6.16. The van der Waals surface area contributed by atoms with Crippen LogP contribution in [-0.4, -0.2) is 33.3 Å². The number of hydrogen-bond acceptors (Lipinski definition) is 3. The van der Waals surface area contributed by atoms with Crippen LogP contribution in [0.5, 0.6) is 0 Å². The summed E-state index contributed by atoms with van der Waals surface area (Å²) in [6.07, 6.45) is 3.34. The molecule has 2 N–H and O–H groups in total. The summed E-state index contributed by atoms with van der Waals surface area (Å²) in [5, 5.41) is 11.7. The average Bonchev–Trinajstić information content (AvgIpc) is 3.27. The fourth-order valence-electron chi connectivity index (χ4n) is 3.66. The maximum absolute atomic E-state index is 4.64. The van der Waals surface area contributed by atoms with Crippen LogP contribution in [0.4, 0.5) is 0 Å². The summed E-state index contributed by atoms with van der Waals surface area (Å²) >= 11 is 0. The third-order valence-electron chi connectivity index (χ3n) is 4.95. The molecule has 4 rings (SSSR count). The van der Waals surface area contributed by atoms with Crippen molar-refractivity contribution < 1.29 is 0 Å². The first-order valence-electron chi connectivity index (χ1n) is 9.28. The monoisotopic (exact) mass is 466 g/mol. The topological polar surface area (TPSA) is 67.1 Å². The van der Waals surface area contributed by atoms with Crippen LogP contribution >= 0.6 is 24.0 Å². The highest BCUT2D eigenvalue weighted by Crippen LogP contribution is 2.40. The number of aryl methyl sites for hydroxylation is 2. The predicted molar refractivity (Wildman–Crippen MR) is 114 cm³/mol. The van der Waals surface area contributed by atoms with E-state index in [-0.39, 0.29) is 30.0 Å². The van der Waals surface area contributed by atoms with Crippen molar-refractivity contribution in [3.63, 3.8) is 0 Å². The van der Waals surface area contributed by atoms with Gasteiger partial charge in [-0.1, -0.05) is 30.3 Å². The zero-order chi connectivity index (χ0) is 17.2. The van der Waals surface area contributed by atoms with Crippen molar-refractivity contribution >= 4 is 29.9 Å². The number of fused-ring (bicyclic) bond motifs is 1. The van der Waals surface area contributed by atoms with Crippen LogP contribution in [0, 0.1) is 6.92 Å². The summed E-state index contributed by atoms with van der Waals surface area (Å²) in [6.45, 7) is 5.74. The molecule has 2 aromatic rings. The SMILES string of the molecule is CCN=C(NC1CCCn2nc(C)nc21)NC1CC1c1ccccc1.I. The third kappa shape index (κ3) is 4.19. The number of halogens is 1. The van der Waals surface area contributed by atoms with Crippen LogP contribution in [0.3, 0.4) is 0 Å². The smallest absolute Gasteiger partial charge is 0.192 e. The number of benzene rings is 1. The van der Waals surface area contributed by atoms with E-state index in [1.54, 1.807) is 0 Å². The first kappa shape index (κ1) is 19.1. The van der Waals surface area contributed by atoms with Gasteiger partial charge in [0, 0.05) is 25.0 Å². The third-order valence-corrected chi connectivity index (χ3v) is 4.95. The second-order valence-corrected chi connectivity index (χ2v) is 6.91. The highest BCUT2D eigenvalue weighted by atomic mass is 127. The first-order chi connectivity index (χ1) is 12.2. The summed E-state index contributed by atoms with van der Waals surface area (Å²) in [6, 6.07) is 11.4. The van der Waals surface area contributed by atoms with E-state index in [0.29, 0.717) is 12.0 Å². The Labute approximate surface area is 171 Å². The number of hydrogen-bond donors (Lipinski definition) is 2. The molecule has 1 aliphatic heterocycles. The van der Waals surface area contributed by atoms with Gasteiger partial charge in [0.25, 0.3) is 0 Å². The molecule has 0 spiro atoms.